The summed E-state index contributed by atoms with van der Waals surface area (Å²) in [5.41, 5.74) is 9.79. The summed E-state index contributed by atoms with van der Waals surface area (Å²) in [5, 5.41) is 13.6. The van der Waals surface area contributed by atoms with Gasteiger partial charge in [-0.25, -0.2) is 23.2 Å². The lowest BCUT2D eigenvalue weighted by Gasteiger charge is -2.34. The molecule has 2 aromatic heterocycles. The van der Waals surface area contributed by atoms with Gasteiger partial charge in [-0.1, -0.05) is 6.07 Å². The van der Waals surface area contributed by atoms with E-state index in [4.69, 9.17) is 15.0 Å². The average molecular weight is 490 g/mol. The zero-order chi connectivity index (χ0) is 24.5. The lowest BCUT2D eigenvalue weighted by molar-refractivity contribution is -0.0585. The van der Waals surface area contributed by atoms with E-state index in [1.54, 1.807) is 35.0 Å². The van der Waals surface area contributed by atoms with E-state index < -0.39 is 25.2 Å². The van der Waals surface area contributed by atoms with Crippen molar-refractivity contribution in [2.45, 2.75) is 24.7 Å². The Bertz CT molecular complexity index is 1220. The molecule has 0 spiro atoms. The van der Waals surface area contributed by atoms with E-state index in [0.29, 0.717) is 48.6 Å². The molecule has 186 valence electrons. The van der Waals surface area contributed by atoms with E-state index in [-0.39, 0.29) is 23.6 Å². The predicted octanol–water partition coefficient (Wildman–Crippen LogP) is 3.58. The Labute approximate surface area is 198 Å². The van der Waals surface area contributed by atoms with Gasteiger partial charge in [-0.2, -0.15) is 10.1 Å². The smallest absolute Gasteiger partial charge is 0.255 e. The van der Waals surface area contributed by atoms with E-state index in [2.05, 4.69) is 30.7 Å². The van der Waals surface area contributed by atoms with Crippen LogP contribution in [0, 0.1) is 5.53 Å². The molecule has 0 unspecified atom stereocenters. The third-order valence-electron chi connectivity index (χ3n) is 6.28. The minimum absolute atomic E-state index is 0.235. The van der Waals surface area contributed by atoms with Crippen LogP contribution >= 0.6 is 0 Å². The van der Waals surface area contributed by atoms with Gasteiger partial charge in [0.15, 0.2) is 0 Å². The highest BCUT2D eigenvalue weighted by molar-refractivity contribution is 5.87. The van der Waals surface area contributed by atoms with Crippen LogP contribution in [0.25, 0.3) is 16.6 Å². The fraction of sp³-hybridized carbons (Fsp3) is 0.455. The second-order valence-electron chi connectivity index (χ2n) is 8.50. The van der Waals surface area contributed by atoms with Crippen molar-refractivity contribution >= 4 is 22.8 Å². The van der Waals surface area contributed by atoms with Crippen molar-refractivity contribution < 1.29 is 22.6 Å². The van der Waals surface area contributed by atoms with Crippen LogP contribution in [0.5, 0.6) is 5.88 Å². The van der Waals surface area contributed by atoms with Gasteiger partial charge in [-0.05, 0) is 23.8 Å². The number of hydrogen-bond acceptors (Lipinski definition) is 9. The molecule has 5 rings (SSSR count). The second kappa shape index (κ2) is 9.66. The van der Waals surface area contributed by atoms with Crippen LogP contribution in [0.15, 0.2) is 35.6 Å². The van der Waals surface area contributed by atoms with Crippen LogP contribution < -0.4 is 15.4 Å². The summed E-state index contributed by atoms with van der Waals surface area (Å²) in [6, 6.07) is 6.53. The Hall–Kier alpha value is -3.45. The quantitative estimate of drug-likeness (QED) is 0.393. The molecule has 10 nitrogen and oxygen atoms in total. The monoisotopic (exact) mass is 490 g/mol. The largest absolute Gasteiger partial charge is 0.479 e. The van der Waals surface area contributed by atoms with Crippen molar-refractivity contribution in [2.24, 2.45) is 5.11 Å². The van der Waals surface area contributed by atoms with Crippen LogP contribution in [0.1, 0.15) is 0 Å². The summed E-state index contributed by atoms with van der Waals surface area (Å²) in [6.07, 6.45) is -1.90. The molecule has 2 fully saturated rings. The van der Waals surface area contributed by atoms with E-state index in [9.17, 15) is 13.2 Å². The van der Waals surface area contributed by atoms with Gasteiger partial charge in [0.25, 0.3) is 6.43 Å². The summed E-state index contributed by atoms with van der Waals surface area (Å²) >= 11 is 0. The van der Waals surface area contributed by atoms with Gasteiger partial charge in [-0.15, -0.1) is 5.10 Å². The highest BCUT2D eigenvalue weighted by Gasteiger charge is 2.39. The van der Waals surface area contributed by atoms with Crippen molar-refractivity contribution in [3.63, 3.8) is 0 Å². The molecule has 3 aromatic rings. The minimum Gasteiger partial charge on any atom is -0.479 e. The van der Waals surface area contributed by atoms with Crippen molar-refractivity contribution in [2.75, 3.05) is 50.6 Å². The zero-order valence-electron chi connectivity index (χ0n) is 18.9. The number of fused-ring (bicyclic) bond motifs is 1. The molecule has 35 heavy (non-hydrogen) atoms. The maximum Gasteiger partial charge on any atom is 0.255 e. The molecule has 2 aliphatic rings. The summed E-state index contributed by atoms with van der Waals surface area (Å²) < 4.78 is 52.4. The third-order valence-corrected chi connectivity index (χ3v) is 6.28. The standard InChI is InChI=1S/C22H25F3N8O2/c1-34-21-20-14(12-2-3-16(30-26)17(6-12)27-7-19(24)25)4-5-33(20)31-22(29-21)28-18-9-32(8-15(18)23)13-10-35-11-13/h2-6,13,15,18-19,26-27H,7-11H2,1H3,(H,28,31)/t15-,18+/m0/s1. The van der Waals surface area contributed by atoms with Crippen molar-refractivity contribution in [3.05, 3.63) is 30.5 Å². The number of aromatic nitrogens is 3. The number of benzene rings is 1. The Kier molecular flexibility index (Phi) is 6.43. The van der Waals surface area contributed by atoms with E-state index in [0.717, 1.165) is 0 Å². The first-order valence-electron chi connectivity index (χ1n) is 11.2. The molecule has 0 aliphatic carbocycles. The van der Waals surface area contributed by atoms with Crippen molar-refractivity contribution in [1.29, 1.82) is 5.53 Å². The first-order valence-corrected chi connectivity index (χ1v) is 11.2. The number of alkyl halides is 3. The lowest BCUT2D eigenvalue weighted by Crippen LogP contribution is -2.48. The molecule has 2 atom stereocenters. The first-order chi connectivity index (χ1) is 17.0. The topological polar surface area (TPSA) is 112 Å². The number of methoxy groups -OCH3 is 1. The summed E-state index contributed by atoms with van der Waals surface area (Å²) in [4.78, 5) is 6.53. The van der Waals surface area contributed by atoms with Crippen LogP contribution in [-0.2, 0) is 4.74 Å². The number of halogens is 3. The van der Waals surface area contributed by atoms with Gasteiger partial charge in [0, 0.05) is 24.8 Å². The molecule has 3 N–H and O–H groups in total. The predicted molar refractivity (Wildman–Crippen MR) is 123 cm³/mol. The fourth-order valence-corrected chi connectivity index (χ4v) is 4.39. The number of nitrogens with one attached hydrogen (secondary N) is 3. The summed E-state index contributed by atoms with van der Waals surface area (Å²) in [5.74, 6) is 0.509. The number of likely N-dealkylation sites (tertiary alicyclic amines) is 1. The van der Waals surface area contributed by atoms with Crippen LogP contribution in [0.3, 0.4) is 0 Å². The molecule has 4 heterocycles. The first kappa shape index (κ1) is 23.3. The van der Waals surface area contributed by atoms with Crippen LogP contribution in [0.4, 0.5) is 30.5 Å². The Balaban J connectivity index is 1.43. The highest BCUT2D eigenvalue weighted by Crippen LogP contribution is 2.36. The maximum absolute atomic E-state index is 14.7. The summed E-state index contributed by atoms with van der Waals surface area (Å²) in [6.45, 7) is 1.54. The summed E-state index contributed by atoms with van der Waals surface area (Å²) in [7, 11) is 1.48. The molecule has 0 saturated carbocycles. The third kappa shape index (κ3) is 4.60. The molecular formula is C22H25F3N8O2. The van der Waals surface area contributed by atoms with Gasteiger partial charge in [0.2, 0.25) is 11.8 Å². The van der Waals surface area contributed by atoms with E-state index in [1.165, 1.54) is 7.11 Å². The average Bonchev–Trinajstić information content (AvgIpc) is 3.39. The van der Waals surface area contributed by atoms with Crippen LogP contribution in [-0.4, -0.2) is 84.1 Å². The Morgan fingerprint density at radius 3 is 2.80 bits per heavy atom. The molecule has 2 saturated heterocycles. The Morgan fingerprint density at radius 1 is 1.29 bits per heavy atom. The van der Waals surface area contributed by atoms with E-state index in [1.807, 2.05) is 0 Å². The molecular weight excluding hydrogens is 465 g/mol. The molecule has 1 aromatic carbocycles. The number of nitrogens with zero attached hydrogens (tertiary/aromatic N) is 5. The van der Waals surface area contributed by atoms with Gasteiger partial charge in [0.05, 0.1) is 44.6 Å². The Morgan fingerprint density at radius 2 is 2.11 bits per heavy atom. The lowest BCUT2D eigenvalue weighted by atomic mass is 10.1. The normalized spacial score (nSPS) is 20.8. The van der Waals surface area contributed by atoms with Crippen molar-refractivity contribution in [3.8, 4) is 17.0 Å². The van der Waals surface area contributed by atoms with Crippen molar-refractivity contribution in [1.82, 2.24) is 19.5 Å². The van der Waals surface area contributed by atoms with Gasteiger partial charge in [-0.3, -0.25) is 4.90 Å². The van der Waals surface area contributed by atoms with Crippen LogP contribution in [0.2, 0.25) is 0 Å². The molecule has 2 aliphatic heterocycles. The minimum atomic E-state index is -2.55. The van der Waals surface area contributed by atoms with E-state index >= 15 is 0 Å². The maximum atomic E-state index is 14.7. The second-order valence-corrected chi connectivity index (χ2v) is 8.50. The highest BCUT2D eigenvalue weighted by atomic mass is 19.3. The number of hydrogen-bond donors (Lipinski definition) is 3. The molecule has 0 radical (unpaired) electrons. The number of rotatable bonds is 9. The van der Waals surface area contributed by atoms with Gasteiger partial charge < -0.3 is 20.1 Å². The SMILES string of the molecule is COc1nc(N[C@@H]2CN(C3COC3)C[C@@H]2F)nn2ccc(-c3ccc(N=N)c(NCC(F)F)c3)c12. The number of ether oxygens (including phenoxy) is 2. The zero-order valence-corrected chi connectivity index (χ0v) is 18.9. The molecule has 0 amide bonds. The van der Waals surface area contributed by atoms with Gasteiger partial charge >= 0.3 is 0 Å². The fourth-order valence-electron chi connectivity index (χ4n) is 4.39. The van der Waals surface area contributed by atoms with Gasteiger partial charge in [0.1, 0.15) is 17.4 Å². The molecule has 13 heteroatoms. The molecule has 0 bridgehead atoms. The number of anilines is 2.